The summed E-state index contributed by atoms with van der Waals surface area (Å²) in [4.78, 5) is 60.9. The Bertz CT molecular complexity index is 1800. The number of Topliss-reactive ketones (excluding diaryl/α,β-unsaturated/α-hetero) is 3. The maximum Gasteiger partial charge on any atom is 0.305 e. The van der Waals surface area contributed by atoms with Crippen molar-refractivity contribution in [2.75, 3.05) is 7.11 Å². The zero-order valence-corrected chi connectivity index (χ0v) is 26.4. The number of hydrogen-bond acceptors (Lipinski definition) is 7. The van der Waals surface area contributed by atoms with E-state index >= 15 is 4.39 Å². The molecule has 0 aliphatic heterocycles. The highest BCUT2D eigenvalue weighted by atomic mass is 19.1. The zero-order chi connectivity index (χ0) is 33.2. The topological polar surface area (TPSA) is 103 Å². The summed E-state index contributed by atoms with van der Waals surface area (Å²) in [6.45, 7) is 0. The minimum atomic E-state index is -2.97. The standard InChI is InChI=1S/C39H37FN2O5/c1-47-36(46)18-6-4-2-3-5-17-33(43)27-19-21-32(22-20-27)39(40,34(44)25-30-13-7-11-28-15-9-23-41-37(28)30)35(45)26-31-14-8-12-29-16-10-24-42-38(29)31/h7-16,19-24H,2-6,17-18,25-26H2,1H3. The second-order valence-corrected chi connectivity index (χ2v) is 11.7. The Hall–Kier alpha value is -5.11. The second kappa shape index (κ2) is 15.5. The summed E-state index contributed by atoms with van der Waals surface area (Å²) in [5.41, 5.74) is -0.519. The number of halogens is 1. The van der Waals surface area contributed by atoms with Gasteiger partial charge in [0.25, 0.3) is 5.67 Å². The summed E-state index contributed by atoms with van der Waals surface area (Å²) in [5.74, 6) is -2.13. The molecule has 0 aliphatic rings. The predicted octanol–water partition coefficient (Wildman–Crippen LogP) is 7.66. The van der Waals surface area contributed by atoms with E-state index in [1.165, 1.54) is 31.4 Å². The van der Waals surface area contributed by atoms with Gasteiger partial charge >= 0.3 is 5.97 Å². The van der Waals surface area contributed by atoms with Crippen molar-refractivity contribution in [2.45, 2.75) is 63.5 Å². The molecule has 8 heteroatoms. The van der Waals surface area contributed by atoms with Gasteiger partial charge in [0.05, 0.1) is 18.1 Å². The van der Waals surface area contributed by atoms with E-state index in [2.05, 4.69) is 14.7 Å². The number of hydrogen-bond donors (Lipinski definition) is 0. The molecule has 3 aromatic carbocycles. The lowest BCUT2D eigenvalue weighted by Crippen LogP contribution is -2.42. The Morgan fingerprint density at radius 1 is 0.638 bits per heavy atom. The summed E-state index contributed by atoms with van der Waals surface area (Å²) in [6, 6.07) is 23.7. The molecule has 0 spiro atoms. The molecule has 0 saturated carbocycles. The smallest absolute Gasteiger partial charge is 0.305 e. The molecular weight excluding hydrogens is 595 g/mol. The summed E-state index contributed by atoms with van der Waals surface area (Å²) in [7, 11) is 1.37. The number of carbonyl (C=O) groups excluding carboxylic acids is 4. The van der Waals surface area contributed by atoms with Crippen molar-refractivity contribution in [3.63, 3.8) is 0 Å². The number of rotatable bonds is 16. The Balaban J connectivity index is 1.35. The molecule has 2 aromatic heterocycles. The lowest BCUT2D eigenvalue weighted by Gasteiger charge is -2.24. The lowest BCUT2D eigenvalue weighted by atomic mass is 9.81. The van der Waals surface area contributed by atoms with Gasteiger partial charge in [-0.1, -0.05) is 92.1 Å². The third-order valence-electron chi connectivity index (χ3n) is 8.52. The fourth-order valence-corrected chi connectivity index (χ4v) is 5.90. The monoisotopic (exact) mass is 632 g/mol. The second-order valence-electron chi connectivity index (χ2n) is 11.7. The summed E-state index contributed by atoms with van der Waals surface area (Å²) in [5, 5.41) is 1.61. The van der Waals surface area contributed by atoms with Gasteiger partial charge in [-0.05, 0) is 36.1 Å². The van der Waals surface area contributed by atoms with Crippen LogP contribution < -0.4 is 0 Å². The molecule has 0 atom stereocenters. The van der Waals surface area contributed by atoms with Crippen LogP contribution in [0.4, 0.5) is 4.39 Å². The Morgan fingerprint density at radius 2 is 1.13 bits per heavy atom. The number of benzene rings is 3. The Kier molecular flexibility index (Phi) is 10.9. The quantitative estimate of drug-likeness (QED) is 0.0476. The molecule has 7 nitrogen and oxygen atoms in total. The van der Waals surface area contributed by atoms with Crippen molar-refractivity contribution in [1.29, 1.82) is 0 Å². The molecular formula is C39H37FN2O5. The highest BCUT2D eigenvalue weighted by molar-refractivity contribution is 6.13. The molecule has 0 aliphatic carbocycles. The van der Waals surface area contributed by atoms with Crippen LogP contribution in [0.3, 0.4) is 0 Å². The van der Waals surface area contributed by atoms with Gasteiger partial charge in [0, 0.05) is 60.0 Å². The highest BCUT2D eigenvalue weighted by Crippen LogP contribution is 2.33. The Morgan fingerprint density at radius 3 is 1.66 bits per heavy atom. The first kappa shape index (κ1) is 33.3. The summed E-state index contributed by atoms with van der Waals surface area (Å²) >= 11 is 0. The maximum atomic E-state index is 17.4. The number of ketones is 3. The zero-order valence-electron chi connectivity index (χ0n) is 26.4. The average molecular weight is 633 g/mol. The van der Waals surface area contributed by atoms with Gasteiger partial charge in [-0.25, -0.2) is 4.39 Å². The first-order chi connectivity index (χ1) is 22.8. The van der Waals surface area contributed by atoms with Gasteiger partial charge in [-0.3, -0.25) is 29.1 Å². The normalized spacial score (nSPS) is 11.4. The molecule has 47 heavy (non-hydrogen) atoms. The van der Waals surface area contributed by atoms with Crippen LogP contribution >= 0.6 is 0 Å². The number of pyridine rings is 2. The number of para-hydroxylation sites is 2. The minimum absolute atomic E-state index is 0.100. The van der Waals surface area contributed by atoms with Crippen molar-refractivity contribution < 1.29 is 28.3 Å². The lowest BCUT2D eigenvalue weighted by molar-refractivity contribution is -0.143. The minimum Gasteiger partial charge on any atom is -0.469 e. The van der Waals surface area contributed by atoms with Crippen LogP contribution in [0.2, 0.25) is 0 Å². The number of ether oxygens (including phenoxy) is 1. The van der Waals surface area contributed by atoms with Crippen LogP contribution in [0.1, 0.15) is 72.0 Å². The van der Waals surface area contributed by atoms with Crippen LogP contribution in [0.15, 0.2) is 97.3 Å². The van der Waals surface area contributed by atoms with Crippen molar-refractivity contribution in [3.8, 4) is 0 Å². The SMILES string of the molecule is COC(=O)CCCCCCCC(=O)c1ccc(C(F)(C(=O)Cc2cccc3cccnc23)C(=O)Cc2cccc3cccnc23)cc1. The fraction of sp³-hybridized carbons (Fsp3) is 0.282. The third-order valence-corrected chi connectivity index (χ3v) is 8.52. The van der Waals surface area contributed by atoms with Crippen LogP contribution in [0.25, 0.3) is 21.8 Å². The van der Waals surface area contributed by atoms with E-state index in [-0.39, 0.29) is 30.2 Å². The van der Waals surface area contributed by atoms with E-state index in [1.807, 2.05) is 24.3 Å². The number of esters is 1. The van der Waals surface area contributed by atoms with Crippen molar-refractivity contribution in [2.24, 2.45) is 0 Å². The summed E-state index contributed by atoms with van der Waals surface area (Å²) in [6.07, 6.45) is 7.29. The fourth-order valence-electron chi connectivity index (χ4n) is 5.90. The molecule has 0 N–H and O–H groups in total. The number of fused-ring (bicyclic) bond motifs is 2. The molecule has 2 heterocycles. The van der Waals surface area contributed by atoms with E-state index < -0.39 is 17.2 Å². The molecule has 0 fully saturated rings. The largest absolute Gasteiger partial charge is 0.469 e. The molecule has 5 aromatic rings. The van der Waals surface area contributed by atoms with Crippen LogP contribution in [0.5, 0.6) is 0 Å². The maximum absolute atomic E-state index is 17.4. The predicted molar refractivity (Wildman–Crippen MR) is 179 cm³/mol. The molecule has 0 amide bonds. The van der Waals surface area contributed by atoms with E-state index in [1.54, 1.807) is 48.8 Å². The molecule has 0 radical (unpaired) electrons. The van der Waals surface area contributed by atoms with Gasteiger partial charge < -0.3 is 4.74 Å². The number of nitrogens with zero attached hydrogens (tertiary/aromatic N) is 2. The van der Waals surface area contributed by atoms with Crippen LogP contribution in [0, 0.1) is 0 Å². The van der Waals surface area contributed by atoms with Gasteiger partial charge in [0.2, 0.25) is 0 Å². The molecule has 0 unspecified atom stereocenters. The number of methoxy groups -OCH3 is 1. The van der Waals surface area contributed by atoms with Crippen LogP contribution in [-0.2, 0) is 37.6 Å². The first-order valence-electron chi connectivity index (χ1n) is 15.9. The van der Waals surface area contributed by atoms with E-state index in [4.69, 9.17) is 0 Å². The van der Waals surface area contributed by atoms with E-state index in [9.17, 15) is 19.2 Å². The molecule has 0 bridgehead atoms. The van der Waals surface area contributed by atoms with Gasteiger partial charge in [0.1, 0.15) is 0 Å². The van der Waals surface area contributed by atoms with Crippen molar-refractivity contribution in [3.05, 3.63) is 120 Å². The number of alkyl halides is 1. The van der Waals surface area contributed by atoms with Gasteiger partial charge in [0.15, 0.2) is 17.3 Å². The van der Waals surface area contributed by atoms with E-state index in [0.29, 0.717) is 47.0 Å². The molecule has 0 saturated heterocycles. The Labute approximate surface area is 273 Å². The van der Waals surface area contributed by atoms with Crippen molar-refractivity contribution in [1.82, 2.24) is 9.97 Å². The van der Waals surface area contributed by atoms with Gasteiger partial charge in [-0.2, -0.15) is 0 Å². The van der Waals surface area contributed by atoms with Crippen molar-refractivity contribution >= 4 is 45.1 Å². The average Bonchev–Trinajstić information content (AvgIpc) is 3.11. The highest BCUT2D eigenvalue weighted by Gasteiger charge is 2.47. The van der Waals surface area contributed by atoms with Gasteiger partial charge in [-0.15, -0.1) is 0 Å². The third kappa shape index (κ3) is 7.83. The molecule has 240 valence electrons. The molecule has 5 rings (SSSR count). The number of carbonyl (C=O) groups is 4. The van der Waals surface area contributed by atoms with Crippen LogP contribution in [-0.4, -0.2) is 40.4 Å². The summed E-state index contributed by atoms with van der Waals surface area (Å²) < 4.78 is 22.0. The first-order valence-corrected chi connectivity index (χ1v) is 15.9. The number of unbranched alkanes of at least 4 members (excludes halogenated alkanes) is 4. The number of aromatic nitrogens is 2. The van der Waals surface area contributed by atoms with E-state index in [0.717, 1.165) is 36.5 Å².